The number of carbonyl (C=O) groups excluding carboxylic acids is 1. The summed E-state index contributed by atoms with van der Waals surface area (Å²) in [6.45, 7) is 0. The Bertz CT molecular complexity index is 1350. The molecule has 166 valence electrons. The highest BCUT2D eigenvalue weighted by Crippen LogP contribution is 2.35. The van der Waals surface area contributed by atoms with Gasteiger partial charge in [-0.25, -0.2) is 9.40 Å². The molecule has 1 aliphatic heterocycles. The minimum absolute atomic E-state index is 0.0747. The van der Waals surface area contributed by atoms with E-state index in [0.717, 1.165) is 37.1 Å². The smallest absolute Gasteiger partial charge is 0.253 e. The number of amides is 1. The molecule has 1 aliphatic rings. The normalized spacial score (nSPS) is 15.8. The van der Waals surface area contributed by atoms with Gasteiger partial charge in [0.25, 0.3) is 5.91 Å². The van der Waals surface area contributed by atoms with Gasteiger partial charge in [0.05, 0.1) is 17.5 Å². The highest BCUT2D eigenvalue weighted by molar-refractivity contribution is 9.10. The second-order valence-electron chi connectivity index (χ2n) is 7.97. The van der Waals surface area contributed by atoms with Crippen molar-refractivity contribution < 1.29 is 9.18 Å². The monoisotopic (exact) mass is 521 g/mol. The topological polar surface area (TPSA) is 37.6 Å². The van der Waals surface area contributed by atoms with Crippen LogP contribution < -0.4 is 0 Å². The van der Waals surface area contributed by atoms with Gasteiger partial charge in [-0.05, 0) is 41.5 Å². The first-order chi connectivity index (χ1) is 16.0. The van der Waals surface area contributed by atoms with Crippen molar-refractivity contribution in [2.24, 2.45) is 12.1 Å². The number of hydrogen-bond donors (Lipinski definition) is 0. The molecule has 0 N–H and O–H groups in total. The van der Waals surface area contributed by atoms with Crippen molar-refractivity contribution in [3.05, 3.63) is 100 Å². The molecular weight excluding hydrogens is 501 g/mol. The lowest BCUT2D eigenvalue weighted by atomic mass is 9.98. The van der Waals surface area contributed by atoms with Gasteiger partial charge >= 0.3 is 0 Å². The summed E-state index contributed by atoms with van der Waals surface area (Å²) in [6, 6.07) is 22.1. The molecule has 0 spiro atoms. The minimum Gasteiger partial charge on any atom is -0.349 e. The Morgan fingerprint density at radius 3 is 2.58 bits per heavy atom. The molecular formula is C26H21BrFN3OS. The van der Waals surface area contributed by atoms with E-state index in [9.17, 15) is 9.18 Å². The zero-order chi connectivity index (χ0) is 22.9. The maximum Gasteiger partial charge on any atom is 0.253 e. The number of thioether (sulfide) groups is 1. The van der Waals surface area contributed by atoms with Crippen LogP contribution in [0.5, 0.6) is 0 Å². The second kappa shape index (κ2) is 9.15. The summed E-state index contributed by atoms with van der Waals surface area (Å²) < 4.78 is 16.6. The van der Waals surface area contributed by atoms with Gasteiger partial charge in [0.15, 0.2) is 0 Å². The number of hydrazone groups is 1. The second-order valence-corrected chi connectivity index (χ2v) is 9.91. The van der Waals surface area contributed by atoms with Crippen molar-refractivity contribution in [1.29, 1.82) is 0 Å². The molecule has 0 unspecified atom stereocenters. The Hall–Kier alpha value is -2.90. The molecule has 3 aromatic carbocycles. The van der Waals surface area contributed by atoms with Crippen LogP contribution in [0.4, 0.5) is 4.39 Å². The lowest BCUT2D eigenvalue weighted by Gasteiger charge is -2.22. The van der Waals surface area contributed by atoms with Crippen LogP contribution in [0.15, 0.2) is 93.5 Å². The third-order valence-corrected chi connectivity index (χ3v) is 7.37. The number of nitrogens with zero attached hydrogens (tertiary/aromatic N) is 3. The zero-order valence-corrected chi connectivity index (χ0v) is 20.3. The molecule has 4 aromatic rings. The van der Waals surface area contributed by atoms with Crippen LogP contribution in [0.25, 0.3) is 10.9 Å². The molecule has 4 nitrogen and oxygen atoms in total. The Kier molecular flexibility index (Phi) is 6.08. The highest BCUT2D eigenvalue weighted by atomic mass is 79.9. The predicted molar refractivity (Wildman–Crippen MR) is 135 cm³/mol. The van der Waals surface area contributed by atoms with Crippen LogP contribution in [0.1, 0.15) is 23.6 Å². The zero-order valence-electron chi connectivity index (χ0n) is 17.9. The lowest BCUT2D eigenvalue weighted by Crippen LogP contribution is -2.28. The van der Waals surface area contributed by atoms with Gasteiger partial charge in [0.2, 0.25) is 0 Å². The molecule has 33 heavy (non-hydrogen) atoms. The fourth-order valence-corrected chi connectivity index (χ4v) is 5.36. The number of fused-ring (bicyclic) bond motifs is 1. The van der Waals surface area contributed by atoms with Crippen molar-refractivity contribution in [2.75, 3.05) is 5.75 Å². The van der Waals surface area contributed by atoms with Crippen LogP contribution in [-0.2, 0) is 11.8 Å². The molecule has 0 radical (unpaired) electrons. The van der Waals surface area contributed by atoms with Gasteiger partial charge in [0.1, 0.15) is 5.82 Å². The van der Waals surface area contributed by atoms with E-state index in [1.807, 2.05) is 43.4 Å². The Morgan fingerprint density at radius 2 is 1.82 bits per heavy atom. The van der Waals surface area contributed by atoms with Crippen molar-refractivity contribution in [3.63, 3.8) is 0 Å². The van der Waals surface area contributed by atoms with E-state index in [-0.39, 0.29) is 23.5 Å². The number of benzene rings is 3. The first-order valence-corrected chi connectivity index (χ1v) is 12.4. The van der Waals surface area contributed by atoms with Crippen LogP contribution in [0.3, 0.4) is 0 Å². The van der Waals surface area contributed by atoms with Gasteiger partial charge < -0.3 is 4.57 Å². The van der Waals surface area contributed by atoms with Crippen LogP contribution >= 0.6 is 27.7 Å². The van der Waals surface area contributed by atoms with E-state index in [2.05, 4.69) is 38.8 Å². The quantitative estimate of drug-likeness (QED) is 0.279. The van der Waals surface area contributed by atoms with Crippen molar-refractivity contribution >= 4 is 50.2 Å². The summed E-state index contributed by atoms with van der Waals surface area (Å²) in [5.41, 5.74) is 3.83. The maximum atomic E-state index is 13.5. The molecule has 0 aliphatic carbocycles. The van der Waals surface area contributed by atoms with Crippen LogP contribution in [-0.4, -0.2) is 26.9 Å². The average molecular weight is 522 g/mol. The third kappa shape index (κ3) is 4.48. The number of hydrogen-bond acceptors (Lipinski definition) is 3. The molecule has 0 bridgehead atoms. The number of para-hydroxylation sites is 1. The Morgan fingerprint density at radius 1 is 1.09 bits per heavy atom. The molecule has 0 saturated heterocycles. The number of aryl methyl sites for hydroxylation is 1. The first kappa shape index (κ1) is 21.9. The Labute approximate surface area is 204 Å². The standard InChI is InChI=1S/C26H21BrFN3OS/c1-30-15-25(21-4-2-3-5-23(21)30)33-16-26(32)31-24(18-8-12-20(28)13-9-18)14-22(29-31)17-6-10-19(27)11-7-17/h2-13,15,24H,14,16H2,1H3/t24-/m0/s1. The minimum atomic E-state index is -0.296. The van der Waals surface area contributed by atoms with E-state index in [1.54, 1.807) is 17.1 Å². The molecule has 5 rings (SSSR count). The highest BCUT2D eigenvalue weighted by Gasteiger charge is 2.33. The third-order valence-electron chi connectivity index (χ3n) is 5.81. The van der Waals surface area contributed by atoms with Crippen molar-refractivity contribution in [3.8, 4) is 0 Å². The van der Waals surface area contributed by atoms with E-state index in [1.165, 1.54) is 23.9 Å². The van der Waals surface area contributed by atoms with Crippen LogP contribution in [0, 0.1) is 5.82 Å². The number of aromatic nitrogens is 1. The fourth-order valence-electron chi connectivity index (χ4n) is 4.13. The predicted octanol–water partition coefficient (Wildman–Crippen LogP) is 6.55. The van der Waals surface area contributed by atoms with Gasteiger partial charge in [-0.2, -0.15) is 5.10 Å². The first-order valence-electron chi connectivity index (χ1n) is 10.6. The van der Waals surface area contributed by atoms with Crippen molar-refractivity contribution in [1.82, 2.24) is 9.58 Å². The molecule has 7 heteroatoms. The van der Waals surface area contributed by atoms with Gasteiger partial charge in [0, 0.05) is 39.9 Å². The van der Waals surface area contributed by atoms with E-state index >= 15 is 0 Å². The van der Waals surface area contributed by atoms with Crippen molar-refractivity contribution in [2.45, 2.75) is 17.4 Å². The number of rotatable bonds is 5. The molecule has 0 saturated carbocycles. The van der Waals surface area contributed by atoms with E-state index in [0.29, 0.717) is 6.42 Å². The van der Waals surface area contributed by atoms with Gasteiger partial charge in [-0.1, -0.05) is 58.4 Å². The van der Waals surface area contributed by atoms with E-state index < -0.39 is 0 Å². The molecule has 1 atom stereocenters. The summed E-state index contributed by atoms with van der Waals surface area (Å²) >= 11 is 4.98. The van der Waals surface area contributed by atoms with Crippen LogP contribution in [0.2, 0.25) is 0 Å². The van der Waals surface area contributed by atoms with Gasteiger partial charge in [-0.3, -0.25) is 4.79 Å². The molecule has 0 fully saturated rings. The summed E-state index contributed by atoms with van der Waals surface area (Å²) in [6.07, 6.45) is 2.64. The largest absolute Gasteiger partial charge is 0.349 e. The SMILES string of the molecule is Cn1cc(SCC(=O)N2N=C(c3ccc(Br)cc3)C[C@H]2c2ccc(F)cc2)c2ccccc21. The fraction of sp³-hybridized carbons (Fsp3) is 0.154. The van der Waals surface area contributed by atoms with E-state index in [4.69, 9.17) is 5.10 Å². The Balaban J connectivity index is 1.41. The number of carbonyl (C=O) groups is 1. The summed E-state index contributed by atoms with van der Waals surface area (Å²) in [7, 11) is 2.01. The molecule has 1 aromatic heterocycles. The molecule has 2 heterocycles. The average Bonchev–Trinajstić information content (AvgIpc) is 3.41. The summed E-state index contributed by atoms with van der Waals surface area (Å²) in [5.74, 6) is -0.104. The summed E-state index contributed by atoms with van der Waals surface area (Å²) in [5, 5.41) is 7.43. The maximum absolute atomic E-state index is 13.5. The number of halogens is 2. The van der Waals surface area contributed by atoms with Gasteiger partial charge in [-0.15, -0.1) is 11.8 Å². The molecule has 1 amide bonds. The lowest BCUT2D eigenvalue weighted by molar-refractivity contribution is -0.130. The summed E-state index contributed by atoms with van der Waals surface area (Å²) in [4.78, 5) is 14.4.